The number of nitrogens with zero attached hydrogens (tertiary/aromatic N) is 1. The van der Waals surface area contributed by atoms with E-state index in [1.165, 1.54) is 11.1 Å². The summed E-state index contributed by atoms with van der Waals surface area (Å²) in [7, 11) is 2.01. The summed E-state index contributed by atoms with van der Waals surface area (Å²) in [4.78, 5) is 13.6. The number of amides is 1. The molecular formula is C21H26N3O+. The van der Waals surface area contributed by atoms with E-state index < -0.39 is 0 Å². The Balaban J connectivity index is 2.00. The highest BCUT2D eigenvalue weighted by molar-refractivity contribution is 5.94. The molecule has 0 fully saturated rings. The SMILES string of the molecule is CC(C)c1ccc(C[NH+](C)[C@@H](C)C(=O)Nc2ccccc2C#N)cc1. The van der Waals surface area contributed by atoms with Crippen LogP contribution in [0.25, 0.3) is 0 Å². The van der Waals surface area contributed by atoms with Gasteiger partial charge in [-0.3, -0.25) is 4.79 Å². The molecule has 0 heterocycles. The lowest BCUT2D eigenvalue weighted by Gasteiger charge is -2.21. The minimum absolute atomic E-state index is 0.0843. The van der Waals surface area contributed by atoms with Crippen molar-refractivity contribution in [2.45, 2.75) is 39.3 Å². The zero-order valence-electron chi connectivity index (χ0n) is 15.3. The van der Waals surface area contributed by atoms with E-state index in [4.69, 9.17) is 5.26 Å². The summed E-state index contributed by atoms with van der Waals surface area (Å²) in [5, 5.41) is 12.0. The predicted molar refractivity (Wildman–Crippen MR) is 100 cm³/mol. The fraction of sp³-hybridized carbons (Fsp3) is 0.333. The van der Waals surface area contributed by atoms with E-state index in [9.17, 15) is 4.79 Å². The topological polar surface area (TPSA) is 57.3 Å². The van der Waals surface area contributed by atoms with Crippen LogP contribution in [0.4, 0.5) is 5.69 Å². The fourth-order valence-electron chi connectivity index (χ4n) is 2.65. The van der Waals surface area contributed by atoms with Gasteiger partial charge in [0.15, 0.2) is 6.04 Å². The quantitative estimate of drug-likeness (QED) is 0.852. The number of anilines is 1. The van der Waals surface area contributed by atoms with E-state index in [1.54, 1.807) is 18.2 Å². The Morgan fingerprint density at radius 2 is 1.76 bits per heavy atom. The second kappa shape index (κ2) is 8.46. The van der Waals surface area contributed by atoms with Crippen molar-refractivity contribution in [3.63, 3.8) is 0 Å². The van der Waals surface area contributed by atoms with Crippen molar-refractivity contribution in [2.24, 2.45) is 0 Å². The molecule has 0 saturated heterocycles. The number of para-hydroxylation sites is 1. The first kappa shape index (κ1) is 18.7. The molecule has 0 spiro atoms. The molecule has 1 amide bonds. The van der Waals surface area contributed by atoms with Crippen LogP contribution in [0.1, 0.15) is 43.4 Å². The molecule has 1 unspecified atom stereocenters. The van der Waals surface area contributed by atoms with Crippen molar-refractivity contribution in [3.05, 3.63) is 65.2 Å². The molecule has 0 bridgehead atoms. The Morgan fingerprint density at radius 1 is 1.12 bits per heavy atom. The molecule has 0 aliphatic heterocycles. The van der Waals surface area contributed by atoms with Gasteiger partial charge in [0, 0.05) is 5.56 Å². The van der Waals surface area contributed by atoms with Gasteiger partial charge in [-0.2, -0.15) is 5.26 Å². The molecule has 2 aromatic carbocycles. The normalized spacial score (nSPS) is 13.1. The maximum absolute atomic E-state index is 12.5. The van der Waals surface area contributed by atoms with Crippen LogP contribution in [0, 0.1) is 11.3 Å². The van der Waals surface area contributed by atoms with E-state index >= 15 is 0 Å². The number of likely N-dealkylation sites (N-methyl/N-ethyl adjacent to an activating group) is 1. The molecule has 2 aromatic rings. The summed E-state index contributed by atoms with van der Waals surface area (Å²) >= 11 is 0. The van der Waals surface area contributed by atoms with Crippen LogP contribution < -0.4 is 10.2 Å². The Hall–Kier alpha value is -2.64. The highest BCUT2D eigenvalue weighted by Gasteiger charge is 2.22. The molecule has 25 heavy (non-hydrogen) atoms. The number of nitriles is 1. The Labute approximate surface area is 150 Å². The zero-order valence-corrected chi connectivity index (χ0v) is 15.3. The Bertz CT molecular complexity index is 759. The van der Waals surface area contributed by atoms with E-state index in [0.29, 0.717) is 17.2 Å². The molecule has 4 heteroatoms. The van der Waals surface area contributed by atoms with Crippen LogP contribution in [-0.2, 0) is 11.3 Å². The third kappa shape index (κ3) is 4.91. The molecule has 0 radical (unpaired) electrons. The molecule has 0 aliphatic carbocycles. The van der Waals surface area contributed by atoms with Crippen molar-refractivity contribution >= 4 is 11.6 Å². The summed E-state index contributed by atoms with van der Waals surface area (Å²) in [5.74, 6) is 0.433. The van der Waals surface area contributed by atoms with Crippen molar-refractivity contribution in [1.82, 2.24) is 0 Å². The Kier molecular flexibility index (Phi) is 6.32. The van der Waals surface area contributed by atoms with Crippen LogP contribution in [0.5, 0.6) is 0 Å². The van der Waals surface area contributed by atoms with Crippen LogP contribution in [0.3, 0.4) is 0 Å². The van der Waals surface area contributed by atoms with Crippen LogP contribution in [0.2, 0.25) is 0 Å². The molecule has 0 saturated carbocycles. The number of carbonyl (C=O) groups is 1. The third-order valence-electron chi connectivity index (χ3n) is 4.57. The average molecular weight is 336 g/mol. The summed E-state index contributed by atoms with van der Waals surface area (Å²) < 4.78 is 0. The maximum atomic E-state index is 12.5. The molecule has 4 nitrogen and oxygen atoms in total. The van der Waals surface area contributed by atoms with Crippen molar-refractivity contribution in [2.75, 3.05) is 12.4 Å². The lowest BCUT2D eigenvalue weighted by atomic mass is 10.0. The number of quaternary nitrogens is 1. The van der Waals surface area contributed by atoms with Gasteiger partial charge in [0.2, 0.25) is 0 Å². The summed E-state index contributed by atoms with van der Waals surface area (Å²) in [6.07, 6.45) is 0. The number of hydrogen-bond donors (Lipinski definition) is 2. The molecule has 2 N–H and O–H groups in total. The zero-order chi connectivity index (χ0) is 18.4. The number of benzene rings is 2. The van der Waals surface area contributed by atoms with Gasteiger partial charge in [-0.15, -0.1) is 0 Å². The van der Waals surface area contributed by atoms with Gasteiger partial charge in [-0.1, -0.05) is 50.2 Å². The maximum Gasteiger partial charge on any atom is 0.282 e. The van der Waals surface area contributed by atoms with Gasteiger partial charge in [0.05, 0.1) is 18.3 Å². The summed E-state index contributed by atoms with van der Waals surface area (Å²) in [5.41, 5.74) is 3.57. The number of carbonyl (C=O) groups excluding carboxylic acids is 1. The lowest BCUT2D eigenvalue weighted by Crippen LogP contribution is -3.12. The average Bonchev–Trinajstić information content (AvgIpc) is 2.61. The standard InChI is InChI=1S/C21H25N3O/c1-15(2)18-11-9-17(10-12-18)14-24(4)16(3)21(25)23-20-8-6-5-7-19(20)13-22/h5-12,15-16H,14H2,1-4H3,(H,23,25)/p+1/t16-/m0/s1. The fourth-order valence-corrected chi connectivity index (χ4v) is 2.65. The van der Waals surface area contributed by atoms with E-state index in [0.717, 1.165) is 11.4 Å². The molecule has 0 aromatic heterocycles. The van der Waals surface area contributed by atoms with Crippen LogP contribution in [0.15, 0.2) is 48.5 Å². The number of nitrogens with one attached hydrogen (secondary N) is 2. The second-order valence-electron chi connectivity index (χ2n) is 6.79. The van der Waals surface area contributed by atoms with E-state index in [-0.39, 0.29) is 11.9 Å². The molecular weight excluding hydrogens is 310 g/mol. The highest BCUT2D eigenvalue weighted by Crippen LogP contribution is 2.15. The largest absolute Gasteiger partial charge is 0.324 e. The first-order valence-electron chi connectivity index (χ1n) is 8.63. The minimum Gasteiger partial charge on any atom is -0.324 e. The van der Waals surface area contributed by atoms with Gasteiger partial charge < -0.3 is 10.2 Å². The number of hydrogen-bond acceptors (Lipinski definition) is 2. The first-order chi connectivity index (χ1) is 11.9. The van der Waals surface area contributed by atoms with Gasteiger partial charge in [-0.05, 0) is 30.5 Å². The summed E-state index contributed by atoms with van der Waals surface area (Å²) in [6, 6.07) is 17.5. The van der Waals surface area contributed by atoms with Crippen LogP contribution >= 0.6 is 0 Å². The monoisotopic (exact) mass is 336 g/mol. The van der Waals surface area contributed by atoms with Gasteiger partial charge >= 0.3 is 0 Å². The van der Waals surface area contributed by atoms with Gasteiger partial charge in [0.1, 0.15) is 12.6 Å². The van der Waals surface area contributed by atoms with Crippen molar-refractivity contribution in [1.29, 1.82) is 5.26 Å². The van der Waals surface area contributed by atoms with E-state index in [2.05, 4.69) is 49.5 Å². The molecule has 2 atom stereocenters. The third-order valence-corrected chi connectivity index (χ3v) is 4.57. The number of rotatable bonds is 6. The molecule has 130 valence electrons. The van der Waals surface area contributed by atoms with Gasteiger partial charge in [-0.25, -0.2) is 0 Å². The van der Waals surface area contributed by atoms with E-state index in [1.807, 2.05) is 20.0 Å². The smallest absolute Gasteiger partial charge is 0.282 e. The molecule has 0 aliphatic rings. The van der Waals surface area contributed by atoms with Crippen LogP contribution in [-0.4, -0.2) is 19.0 Å². The summed E-state index contributed by atoms with van der Waals surface area (Å²) in [6.45, 7) is 7.03. The second-order valence-corrected chi connectivity index (χ2v) is 6.79. The highest BCUT2D eigenvalue weighted by atomic mass is 16.2. The first-order valence-corrected chi connectivity index (χ1v) is 8.63. The molecule has 2 rings (SSSR count). The Morgan fingerprint density at radius 3 is 2.36 bits per heavy atom. The van der Waals surface area contributed by atoms with Crippen molar-refractivity contribution < 1.29 is 9.69 Å². The minimum atomic E-state index is -0.225. The lowest BCUT2D eigenvalue weighted by molar-refractivity contribution is -0.907. The van der Waals surface area contributed by atoms with Crippen molar-refractivity contribution in [3.8, 4) is 6.07 Å². The van der Waals surface area contributed by atoms with Gasteiger partial charge in [0.25, 0.3) is 5.91 Å². The predicted octanol–water partition coefficient (Wildman–Crippen LogP) is 2.72.